The maximum Gasteiger partial charge on any atom is 0.260 e. The third-order valence-corrected chi connectivity index (χ3v) is 5.03. The van der Waals surface area contributed by atoms with Crippen LogP contribution in [0.15, 0.2) is 23.4 Å². The van der Waals surface area contributed by atoms with E-state index in [-0.39, 0.29) is 16.4 Å². The molecule has 120 valence electrons. The van der Waals surface area contributed by atoms with E-state index in [1.54, 1.807) is 12.1 Å². The number of nitrogens with one attached hydrogen (secondary N) is 2. The van der Waals surface area contributed by atoms with Crippen LogP contribution >= 0.6 is 0 Å². The Hall–Kier alpha value is -1.14. The fraction of sp³-hybridized carbons (Fsp3) is 0.667. The Kier molecular flexibility index (Phi) is 6.16. The molecule has 0 aliphatic rings. The maximum atomic E-state index is 12.4. The van der Waals surface area contributed by atoms with Gasteiger partial charge in [0.1, 0.15) is 0 Å². The summed E-state index contributed by atoms with van der Waals surface area (Å²) in [7, 11) is -3.60. The number of anilines is 1. The predicted octanol–water partition coefficient (Wildman–Crippen LogP) is 2.86. The van der Waals surface area contributed by atoms with E-state index in [1.165, 1.54) is 6.20 Å². The summed E-state index contributed by atoms with van der Waals surface area (Å²) in [6, 6.07) is 3.47. The number of nitrogens with zero attached hydrogens (tertiary/aromatic N) is 1. The summed E-state index contributed by atoms with van der Waals surface area (Å²) in [5.41, 5.74) is 0.603. The number of hydrogen-bond donors (Lipinski definition) is 2. The van der Waals surface area contributed by atoms with Crippen LogP contribution < -0.4 is 10.0 Å². The van der Waals surface area contributed by atoms with E-state index in [9.17, 15) is 8.42 Å². The lowest BCUT2D eigenvalue weighted by Crippen LogP contribution is -2.34. The van der Waals surface area contributed by atoms with Gasteiger partial charge in [0.2, 0.25) is 0 Å². The smallest absolute Gasteiger partial charge is 0.260 e. The molecule has 0 bridgehead atoms. The molecule has 0 aliphatic carbocycles. The molecule has 1 heterocycles. The van der Waals surface area contributed by atoms with Gasteiger partial charge in [-0.3, -0.25) is 0 Å². The molecule has 0 saturated heterocycles. The lowest BCUT2D eigenvalue weighted by molar-refractivity contribution is 0.263. The number of sulfonamides is 1. The molecule has 1 rings (SSSR count). The lowest BCUT2D eigenvalue weighted by Gasteiger charge is -2.27. The van der Waals surface area contributed by atoms with E-state index in [0.717, 1.165) is 6.42 Å². The average molecular weight is 313 g/mol. The predicted molar refractivity (Wildman–Crippen MR) is 86.8 cm³/mol. The van der Waals surface area contributed by atoms with Crippen molar-refractivity contribution >= 4 is 15.7 Å². The zero-order chi connectivity index (χ0) is 16.1. The number of pyridine rings is 1. The first kappa shape index (κ1) is 17.9. The number of rotatable bonds is 7. The van der Waals surface area contributed by atoms with E-state index < -0.39 is 10.0 Å². The van der Waals surface area contributed by atoms with Gasteiger partial charge >= 0.3 is 0 Å². The number of aromatic nitrogens is 1. The summed E-state index contributed by atoms with van der Waals surface area (Å²) in [4.78, 5) is 4.03. The first-order valence-corrected chi connectivity index (χ1v) is 8.85. The highest BCUT2D eigenvalue weighted by Crippen LogP contribution is 2.25. The Morgan fingerprint density at radius 2 is 2.00 bits per heavy atom. The van der Waals surface area contributed by atoms with Crippen molar-refractivity contribution in [1.29, 1.82) is 0 Å². The fourth-order valence-electron chi connectivity index (χ4n) is 1.61. The Morgan fingerprint density at radius 1 is 1.33 bits per heavy atom. The van der Waals surface area contributed by atoms with Crippen molar-refractivity contribution in [2.75, 3.05) is 18.4 Å². The molecule has 0 spiro atoms. The third-order valence-electron chi connectivity index (χ3n) is 3.65. The second kappa shape index (κ2) is 7.22. The van der Waals surface area contributed by atoms with Crippen LogP contribution in [0.3, 0.4) is 0 Å². The Balaban J connectivity index is 2.88. The molecule has 5 nitrogen and oxygen atoms in total. The highest BCUT2D eigenvalue weighted by molar-refractivity contribution is 7.89. The summed E-state index contributed by atoms with van der Waals surface area (Å²) < 4.78 is 27.5. The van der Waals surface area contributed by atoms with Crippen molar-refractivity contribution in [3.8, 4) is 0 Å². The topological polar surface area (TPSA) is 71.1 Å². The molecule has 2 N–H and O–H groups in total. The highest BCUT2D eigenvalue weighted by atomic mass is 32.2. The van der Waals surface area contributed by atoms with E-state index in [1.807, 2.05) is 13.8 Å². The van der Waals surface area contributed by atoms with Gasteiger partial charge in [0.25, 0.3) is 10.0 Å². The van der Waals surface area contributed by atoms with E-state index >= 15 is 0 Å². The summed E-state index contributed by atoms with van der Waals surface area (Å²) in [5.74, 6) is 0.225. The van der Waals surface area contributed by atoms with Crippen LogP contribution in [0.1, 0.15) is 41.0 Å². The summed E-state index contributed by atoms with van der Waals surface area (Å²) in [6.45, 7) is 11.5. The summed E-state index contributed by atoms with van der Waals surface area (Å²) in [5, 5.41) is 3.17. The quantitative estimate of drug-likeness (QED) is 0.812. The molecule has 21 heavy (non-hydrogen) atoms. The van der Waals surface area contributed by atoms with Gasteiger partial charge in [-0.1, -0.05) is 34.6 Å². The first-order chi connectivity index (χ1) is 9.68. The minimum Gasteiger partial charge on any atom is -0.383 e. The molecule has 1 aromatic heterocycles. The lowest BCUT2D eigenvalue weighted by atomic mass is 9.82. The van der Waals surface area contributed by atoms with E-state index in [4.69, 9.17) is 0 Å². The van der Waals surface area contributed by atoms with Crippen molar-refractivity contribution in [3.63, 3.8) is 0 Å². The van der Waals surface area contributed by atoms with Crippen LogP contribution in [-0.2, 0) is 10.0 Å². The van der Waals surface area contributed by atoms with Crippen molar-refractivity contribution in [3.05, 3.63) is 18.3 Å². The van der Waals surface area contributed by atoms with Crippen LogP contribution in [0.5, 0.6) is 0 Å². The van der Waals surface area contributed by atoms with Gasteiger partial charge in [0, 0.05) is 19.3 Å². The molecule has 0 aromatic carbocycles. The zero-order valence-electron chi connectivity index (χ0n) is 13.6. The molecule has 0 fully saturated rings. The molecule has 0 saturated carbocycles. The number of hydrogen-bond acceptors (Lipinski definition) is 4. The van der Waals surface area contributed by atoms with Crippen molar-refractivity contribution in [2.45, 2.75) is 46.1 Å². The van der Waals surface area contributed by atoms with Crippen molar-refractivity contribution in [2.24, 2.45) is 11.3 Å². The average Bonchev–Trinajstić information content (AvgIpc) is 2.41. The van der Waals surface area contributed by atoms with Crippen LogP contribution in [0.25, 0.3) is 0 Å². The van der Waals surface area contributed by atoms with Gasteiger partial charge in [-0.2, -0.15) is 0 Å². The monoisotopic (exact) mass is 313 g/mol. The highest BCUT2D eigenvalue weighted by Gasteiger charge is 2.24. The summed E-state index contributed by atoms with van der Waals surface area (Å²) in [6.07, 6.45) is 2.42. The molecule has 0 aliphatic heterocycles. The van der Waals surface area contributed by atoms with E-state index in [2.05, 4.69) is 35.8 Å². The van der Waals surface area contributed by atoms with Crippen molar-refractivity contribution < 1.29 is 8.42 Å². The first-order valence-electron chi connectivity index (χ1n) is 7.37. The Bertz CT molecular complexity index is 550. The second-order valence-corrected chi connectivity index (χ2v) is 8.08. The molecule has 1 unspecified atom stereocenters. The Morgan fingerprint density at radius 3 is 2.57 bits per heavy atom. The van der Waals surface area contributed by atoms with Gasteiger partial charge < -0.3 is 5.32 Å². The van der Waals surface area contributed by atoms with Crippen LogP contribution in [0.2, 0.25) is 0 Å². The minimum absolute atomic E-state index is 0.0515. The van der Waals surface area contributed by atoms with Gasteiger partial charge in [0.05, 0.1) is 5.69 Å². The molecular formula is C15H27N3O2S. The minimum atomic E-state index is -3.60. The second-order valence-electron chi connectivity index (χ2n) is 6.40. The van der Waals surface area contributed by atoms with Crippen LogP contribution in [-0.4, -0.2) is 26.5 Å². The molecule has 1 atom stereocenters. The molecule has 0 radical (unpaired) electrons. The standard InChI is InChI=1S/C15H27N3O2S/c1-6-9-16-13-8-7-10-17-14(13)21(19,20)18-11-12(2)15(3,4)5/h7-8,10,12,16,18H,6,9,11H2,1-5H3. The van der Waals surface area contributed by atoms with Crippen molar-refractivity contribution in [1.82, 2.24) is 9.71 Å². The van der Waals surface area contributed by atoms with Gasteiger partial charge in [-0.15, -0.1) is 0 Å². The Labute approximate surface area is 128 Å². The van der Waals surface area contributed by atoms with Gasteiger partial charge in [-0.25, -0.2) is 18.1 Å². The zero-order valence-corrected chi connectivity index (χ0v) is 14.4. The van der Waals surface area contributed by atoms with Crippen LogP contribution in [0, 0.1) is 11.3 Å². The normalized spacial score (nSPS) is 14.0. The molecule has 6 heteroatoms. The van der Waals surface area contributed by atoms with E-state index in [0.29, 0.717) is 18.8 Å². The molecule has 1 aromatic rings. The molecular weight excluding hydrogens is 286 g/mol. The van der Waals surface area contributed by atoms with Gasteiger partial charge in [0.15, 0.2) is 5.03 Å². The largest absolute Gasteiger partial charge is 0.383 e. The van der Waals surface area contributed by atoms with Crippen LogP contribution in [0.4, 0.5) is 5.69 Å². The SMILES string of the molecule is CCCNc1cccnc1S(=O)(=O)NCC(C)C(C)(C)C. The maximum absolute atomic E-state index is 12.4. The summed E-state index contributed by atoms with van der Waals surface area (Å²) >= 11 is 0. The third kappa shape index (κ3) is 5.28. The molecule has 0 amide bonds. The fourth-order valence-corrected chi connectivity index (χ4v) is 2.84. The van der Waals surface area contributed by atoms with Gasteiger partial charge in [-0.05, 0) is 29.9 Å².